The fourth-order valence-electron chi connectivity index (χ4n) is 4.84. The van der Waals surface area contributed by atoms with Crippen LogP contribution in [0, 0.1) is 17.2 Å². The van der Waals surface area contributed by atoms with Crippen molar-refractivity contribution in [1.29, 1.82) is 0 Å². The van der Waals surface area contributed by atoms with Crippen molar-refractivity contribution in [2.24, 2.45) is 11.3 Å². The third-order valence-electron chi connectivity index (χ3n) is 6.44. The number of rotatable bonds is 5. The predicted molar refractivity (Wildman–Crippen MR) is 107 cm³/mol. The molecular weight excluding hydrogens is 355 g/mol. The summed E-state index contributed by atoms with van der Waals surface area (Å²) in [5, 5.41) is 0. The second-order valence-electron chi connectivity index (χ2n) is 8.14. The Morgan fingerprint density at radius 3 is 2.71 bits per heavy atom. The van der Waals surface area contributed by atoms with Crippen LogP contribution in [-0.2, 0) is 17.6 Å². The van der Waals surface area contributed by atoms with Crippen LogP contribution in [0.1, 0.15) is 31.5 Å². The van der Waals surface area contributed by atoms with E-state index in [-0.39, 0.29) is 17.1 Å². The number of anilines is 1. The average Bonchev–Trinajstić information content (AvgIpc) is 3.22. The number of hydrogen-bond acceptors (Lipinski definition) is 4. The molecule has 2 saturated heterocycles. The molecule has 2 fully saturated rings. The van der Waals surface area contributed by atoms with E-state index in [9.17, 15) is 9.18 Å². The standard InChI is InChI=1S/C22H27FN4O/c1-3-19-20(23)21(25-15-24-19)27-12-18-11-26(16(2)28)13-22(18,14-27)10-9-17-7-5-4-6-8-17/h4-8,15,18H,3,9-14H2,1-2H3. The predicted octanol–water partition coefficient (Wildman–Crippen LogP) is 3.10. The highest BCUT2D eigenvalue weighted by Gasteiger charge is 2.53. The molecule has 0 bridgehead atoms. The highest BCUT2D eigenvalue weighted by molar-refractivity contribution is 5.73. The van der Waals surface area contributed by atoms with Gasteiger partial charge in [-0.15, -0.1) is 0 Å². The van der Waals surface area contributed by atoms with Gasteiger partial charge in [0, 0.05) is 44.4 Å². The molecular formula is C22H27FN4O. The number of hydrogen-bond donors (Lipinski definition) is 0. The highest BCUT2D eigenvalue weighted by Crippen LogP contribution is 2.47. The van der Waals surface area contributed by atoms with E-state index in [1.165, 1.54) is 11.9 Å². The summed E-state index contributed by atoms with van der Waals surface area (Å²) in [6.45, 7) is 6.49. The monoisotopic (exact) mass is 382 g/mol. The smallest absolute Gasteiger partial charge is 0.219 e. The molecule has 0 N–H and O–H groups in total. The molecule has 0 saturated carbocycles. The Hall–Kier alpha value is -2.50. The average molecular weight is 382 g/mol. The number of amides is 1. The normalized spacial score (nSPS) is 23.9. The first-order valence-electron chi connectivity index (χ1n) is 10.1. The lowest BCUT2D eigenvalue weighted by Gasteiger charge is -2.29. The molecule has 4 rings (SSSR count). The van der Waals surface area contributed by atoms with E-state index < -0.39 is 0 Å². The summed E-state index contributed by atoms with van der Waals surface area (Å²) in [6, 6.07) is 10.4. The lowest BCUT2D eigenvalue weighted by atomic mass is 9.76. The maximum absolute atomic E-state index is 14.9. The van der Waals surface area contributed by atoms with E-state index in [1.807, 2.05) is 17.9 Å². The lowest BCUT2D eigenvalue weighted by molar-refractivity contribution is -0.128. The fourth-order valence-corrected chi connectivity index (χ4v) is 4.84. The van der Waals surface area contributed by atoms with Gasteiger partial charge < -0.3 is 9.80 Å². The van der Waals surface area contributed by atoms with Gasteiger partial charge in [-0.05, 0) is 24.8 Å². The molecule has 2 unspecified atom stereocenters. The van der Waals surface area contributed by atoms with Gasteiger partial charge in [0.1, 0.15) is 6.33 Å². The van der Waals surface area contributed by atoms with Crippen molar-refractivity contribution >= 4 is 11.7 Å². The highest BCUT2D eigenvalue weighted by atomic mass is 19.1. The Labute approximate surface area is 165 Å². The van der Waals surface area contributed by atoms with E-state index >= 15 is 0 Å². The van der Waals surface area contributed by atoms with Crippen LogP contribution >= 0.6 is 0 Å². The number of benzene rings is 1. The number of fused-ring (bicyclic) bond motifs is 1. The lowest BCUT2D eigenvalue weighted by Crippen LogP contribution is -2.37. The summed E-state index contributed by atoms with van der Waals surface area (Å²) in [5.41, 5.74) is 1.74. The van der Waals surface area contributed by atoms with Crippen LogP contribution in [0.4, 0.5) is 10.2 Å². The van der Waals surface area contributed by atoms with Crippen molar-refractivity contribution in [3.8, 4) is 0 Å². The van der Waals surface area contributed by atoms with Crippen LogP contribution in [0.2, 0.25) is 0 Å². The Bertz CT molecular complexity index is 859. The Kier molecular flexibility index (Phi) is 5.04. The zero-order valence-electron chi connectivity index (χ0n) is 16.6. The molecule has 0 aliphatic carbocycles. The molecule has 0 radical (unpaired) electrons. The molecule has 2 aromatic rings. The van der Waals surface area contributed by atoms with Gasteiger partial charge in [-0.1, -0.05) is 37.3 Å². The van der Waals surface area contributed by atoms with Crippen molar-refractivity contribution in [2.75, 3.05) is 31.1 Å². The van der Waals surface area contributed by atoms with Gasteiger partial charge in [0.25, 0.3) is 0 Å². The third kappa shape index (κ3) is 3.36. The second-order valence-corrected chi connectivity index (χ2v) is 8.14. The Balaban J connectivity index is 1.59. The molecule has 2 aliphatic heterocycles. The van der Waals surface area contributed by atoms with Crippen molar-refractivity contribution < 1.29 is 9.18 Å². The maximum atomic E-state index is 14.9. The maximum Gasteiger partial charge on any atom is 0.219 e. The Morgan fingerprint density at radius 1 is 1.21 bits per heavy atom. The van der Waals surface area contributed by atoms with Crippen LogP contribution in [-0.4, -0.2) is 47.0 Å². The largest absolute Gasteiger partial charge is 0.353 e. The van der Waals surface area contributed by atoms with Gasteiger partial charge in [0.15, 0.2) is 11.6 Å². The van der Waals surface area contributed by atoms with Gasteiger partial charge in [0.05, 0.1) is 5.69 Å². The van der Waals surface area contributed by atoms with Crippen LogP contribution < -0.4 is 4.90 Å². The van der Waals surface area contributed by atoms with Crippen LogP contribution in [0.5, 0.6) is 0 Å². The molecule has 6 heteroatoms. The minimum atomic E-state index is -0.299. The molecule has 5 nitrogen and oxygen atoms in total. The topological polar surface area (TPSA) is 49.3 Å². The van der Waals surface area contributed by atoms with E-state index in [0.717, 1.165) is 39.0 Å². The first kappa shape index (κ1) is 18.8. The minimum absolute atomic E-state index is 0.0225. The molecule has 148 valence electrons. The van der Waals surface area contributed by atoms with E-state index in [0.29, 0.717) is 23.9 Å². The van der Waals surface area contributed by atoms with Crippen LogP contribution in [0.25, 0.3) is 0 Å². The van der Waals surface area contributed by atoms with Gasteiger partial charge in [0.2, 0.25) is 5.91 Å². The number of nitrogens with zero attached hydrogens (tertiary/aromatic N) is 4. The van der Waals surface area contributed by atoms with Crippen molar-refractivity contribution in [3.05, 3.63) is 53.7 Å². The third-order valence-corrected chi connectivity index (χ3v) is 6.44. The zero-order valence-corrected chi connectivity index (χ0v) is 16.6. The number of carbonyl (C=O) groups is 1. The number of carbonyl (C=O) groups excluding carboxylic acids is 1. The summed E-state index contributed by atoms with van der Waals surface area (Å²) in [4.78, 5) is 24.4. The van der Waals surface area contributed by atoms with Crippen molar-refractivity contribution in [3.63, 3.8) is 0 Å². The summed E-state index contributed by atoms with van der Waals surface area (Å²) in [7, 11) is 0. The van der Waals surface area contributed by atoms with Crippen molar-refractivity contribution in [2.45, 2.75) is 33.1 Å². The zero-order chi connectivity index (χ0) is 19.7. The van der Waals surface area contributed by atoms with Gasteiger partial charge in [-0.2, -0.15) is 0 Å². The molecule has 3 heterocycles. The summed E-state index contributed by atoms with van der Waals surface area (Å²) >= 11 is 0. The molecule has 28 heavy (non-hydrogen) atoms. The number of aromatic nitrogens is 2. The van der Waals surface area contributed by atoms with E-state index in [4.69, 9.17) is 0 Å². The molecule has 1 aromatic carbocycles. The molecule has 0 spiro atoms. The summed E-state index contributed by atoms with van der Waals surface area (Å²) in [6.07, 6.45) is 3.96. The number of halogens is 1. The van der Waals surface area contributed by atoms with E-state index in [1.54, 1.807) is 6.92 Å². The fraction of sp³-hybridized carbons (Fsp3) is 0.500. The van der Waals surface area contributed by atoms with Crippen molar-refractivity contribution in [1.82, 2.24) is 14.9 Å². The molecule has 1 amide bonds. The van der Waals surface area contributed by atoms with Crippen LogP contribution in [0.3, 0.4) is 0 Å². The summed E-state index contributed by atoms with van der Waals surface area (Å²) in [5.74, 6) is 0.572. The van der Waals surface area contributed by atoms with Gasteiger partial charge in [-0.25, -0.2) is 14.4 Å². The number of likely N-dealkylation sites (tertiary alicyclic amines) is 1. The van der Waals surface area contributed by atoms with Gasteiger partial charge in [-0.3, -0.25) is 4.79 Å². The van der Waals surface area contributed by atoms with E-state index in [2.05, 4.69) is 39.1 Å². The second kappa shape index (κ2) is 7.49. The SMILES string of the molecule is CCc1ncnc(N2CC3CN(C(C)=O)CC3(CCc3ccccc3)C2)c1F. The Morgan fingerprint density at radius 2 is 2.00 bits per heavy atom. The van der Waals surface area contributed by atoms with Gasteiger partial charge >= 0.3 is 0 Å². The first-order chi connectivity index (χ1) is 13.5. The molecule has 2 aliphatic rings. The summed E-state index contributed by atoms with van der Waals surface area (Å²) < 4.78 is 14.9. The molecule has 2 atom stereocenters. The van der Waals surface area contributed by atoms with Crippen LogP contribution in [0.15, 0.2) is 36.7 Å². The minimum Gasteiger partial charge on any atom is -0.353 e. The number of aryl methyl sites for hydroxylation is 2. The first-order valence-corrected chi connectivity index (χ1v) is 10.1. The quantitative estimate of drug-likeness (QED) is 0.797. The molecule has 1 aromatic heterocycles.